The van der Waals surface area contributed by atoms with Crippen molar-refractivity contribution in [2.75, 3.05) is 0 Å². The molecule has 0 fully saturated rings. The van der Waals surface area contributed by atoms with Gasteiger partial charge in [-0.25, -0.2) is 9.97 Å². The molecule has 0 aliphatic heterocycles. The fourth-order valence-electron chi connectivity index (χ4n) is 5.78. The van der Waals surface area contributed by atoms with E-state index >= 15 is 0 Å². The average Bonchev–Trinajstić information content (AvgIpc) is 3.24. The van der Waals surface area contributed by atoms with Crippen LogP contribution >= 0.6 is 0 Å². The van der Waals surface area contributed by atoms with Crippen LogP contribution in [0.1, 0.15) is 25.0 Å². The third-order valence-electron chi connectivity index (χ3n) is 7.82. The van der Waals surface area contributed by atoms with Gasteiger partial charge in [0.15, 0.2) is 5.82 Å². The molecule has 0 spiro atoms. The summed E-state index contributed by atoms with van der Waals surface area (Å²) < 4.78 is 0. The Balaban J connectivity index is 1.42. The van der Waals surface area contributed by atoms with Gasteiger partial charge in [0.25, 0.3) is 0 Å². The Bertz CT molecular complexity index is 1810. The third-order valence-corrected chi connectivity index (χ3v) is 7.82. The lowest BCUT2D eigenvalue weighted by molar-refractivity contribution is 0.660. The number of hydrogen-bond donors (Lipinski definition) is 0. The highest BCUT2D eigenvalue weighted by Gasteiger charge is 2.36. The predicted octanol–water partition coefficient (Wildman–Crippen LogP) is 8.85. The number of rotatable bonds is 4. The SMILES string of the molecule is CC1(C)c2ccccc2-c2c(-c3cc(-c4ccccc4)nc(-c4ccc(-c5cccnc5)cc4)n3)cccc21. The number of nitrogens with zero attached hydrogens (tertiary/aromatic N) is 3. The summed E-state index contributed by atoms with van der Waals surface area (Å²) in [5.74, 6) is 0.715. The normalized spacial score (nSPS) is 13.1. The van der Waals surface area contributed by atoms with E-state index in [9.17, 15) is 0 Å². The molecule has 3 nitrogen and oxygen atoms in total. The Labute approximate surface area is 228 Å². The van der Waals surface area contributed by atoms with E-state index in [0.717, 1.165) is 39.2 Å². The van der Waals surface area contributed by atoms with Crippen molar-refractivity contribution >= 4 is 0 Å². The van der Waals surface area contributed by atoms with Crippen LogP contribution in [0, 0.1) is 0 Å². The molecule has 2 heterocycles. The number of hydrogen-bond acceptors (Lipinski definition) is 3. The minimum atomic E-state index is -0.0673. The summed E-state index contributed by atoms with van der Waals surface area (Å²) in [6.45, 7) is 4.62. The molecule has 0 amide bonds. The molecule has 0 bridgehead atoms. The minimum absolute atomic E-state index is 0.0673. The topological polar surface area (TPSA) is 38.7 Å². The molecule has 39 heavy (non-hydrogen) atoms. The predicted molar refractivity (Wildman–Crippen MR) is 159 cm³/mol. The van der Waals surface area contributed by atoms with E-state index in [4.69, 9.17) is 9.97 Å². The van der Waals surface area contributed by atoms with Crippen LogP contribution in [0.25, 0.3) is 56.2 Å². The molecular weight excluding hydrogens is 474 g/mol. The Morgan fingerprint density at radius 3 is 1.97 bits per heavy atom. The van der Waals surface area contributed by atoms with Gasteiger partial charge in [0.1, 0.15) is 0 Å². The van der Waals surface area contributed by atoms with Crippen LogP contribution in [0.4, 0.5) is 0 Å². The van der Waals surface area contributed by atoms with Crippen molar-refractivity contribution in [2.24, 2.45) is 0 Å². The molecular formula is C36H27N3. The van der Waals surface area contributed by atoms with E-state index in [1.807, 2.05) is 18.3 Å². The van der Waals surface area contributed by atoms with E-state index in [0.29, 0.717) is 5.82 Å². The molecule has 0 saturated heterocycles. The third kappa shape index (κ3) is 3.95. The quantitative estimate of drug-likeness (QED) is 0.242. The minimum Gasteiger partial charge on any atom is -0.264 e. The molecule has 7 rings (SSSR count). The van der Waals surface area contributed by atoms with Gasteiger partial charge in [0.2, 0.25) is 0 Å². The van der Waals surface area contributed by atoms with Crippen molar-refractivity contribution in [3.05, 3.63) is 139 Å². The molecule has 0 N–H and O–H groups in total. The molecule has 186 valence electrons. The first-order chi connectivity index (χ1) is 19.1. The monoisotopic (exact) mass is 501 g/mol. The first-order valence-electron chi connectivity index (χ1n) is 13.3. The highest BCUT2D eigenvalue weighted by atomic mass is 14.9. The number of benzene rings is 4. The van der Waals surface area contributed by atoms with Crippen molar-refractivity contribution in [2.45, 2.75) is 19.3 Å². The van der Waals surface area contributed by atoms with E-state index < -0.39 is 0 Å². The molecule has 6 aromatic rings. The maximum Gasteiger partial charge on any atom is 0.160 e. The van der Waals surface area contributed by atoms with Crippen molar-refractivity contribution in [1.82, 2.24) is 15.0 Å². The molecule has 3 heteroatoms. The van der Waals surface area contributed by atoms with E-state index in [-0.39, 0.29) is 5.41 Å². The molecule has 1 aliphatic rings. The summed E-state index contributed by atoms with van der Waals surface area (Å²) in [6, 6.07) is 40.3. The standard InChI is InChI=1S/C36H27N3/c1-36(2)30-15-7-6-13-28(30)34-29(14-8-16-31(34)36)33-22-32(25-10-4-3-5-11-25)38-35(39-33)26-19-17-24(18-20-26)27-12-9-21-37-23-27/h3-23H,1-2H3. The second kappa shape index (κ2) is 9.14. The molecule has 4 aromatic carbocycles. The Hall–Kier alpha value is -4.89. The van der Waals surface area contributed by atoms with Crippen LogP contribution < -0.4 is 0 Å². The average molecular weight is 502 g/mol. The highest BCUT2D eigenvalue weighted by Crippen LogP contribution is 2.51. The van der Waals surface area contributed by atoms with E-state index in [1.165, 1.54) is 22.3 Å². The van der Waals surface area contributed by atoms with Crippen LogP contribution in [-0.4, -0.2) is 15.0 Å². The number of aromatic nitrogens is 3. The lowest BCUT2D eigenvalue weighted by Crippen LogP contribution is -2.14. The zero-order chi connectivity index (χ0) is 26.4. The second-order valence-corrected chi connectivity index (χ2v) is 10.5. The summed E-state index contributed by atoms with van der Waals surface area (Å²) in [7, 11) is 0. The first kappa shape index (κ1) is 23.2. The Morgan fingerprint density at radius 1 is 0.513 bits per heavy atom. The van der Waals surface area contributed by atoms with Crippen molar-refractivity contribution in [3.8, 4) is 56.2 Å². The molecule has 2 aromatic heterocycles. The summed E-state index contributed by atoms with van der Waals surface area (Å²) in [6.07, 6.45) is 3.68. The summed E-state index contributed by atoms with van der Waals surface area (Å²) >= 11 is 0. The Morgan fingerprint density at radius 2 is 1.18 bits per heavy atom. The fourth-order valence-corrected chi connectivity index (χ4v) is 5.78. The van der Waals surface area contributed by atoms with Crippen LogP contribution in [0.3, 0.4) is 0 Å². The first-order valence-corrected chi connectivity index (χ1v) is 13.3. The van der Waals surface area contributed by atoms with Crippen LogP contribution in [0.5, 0.6) is 0 Å². The van der Waals surface area contributed by atoms with Gasteiger partial charge in [-0.05, 0) is 45.5 Å². The molecule has 0 saturated carbocycles. The highest BCUT2D eigenvalue weighted by molar-refractivity contribution is 5.92. The number of fused-ring (bicyclic) bond motifs is 3. The van der Waals surface area contributed by atoms with Gasteiger partial charge >= 0.3 is 0 Å². The van der Waals surface area contributed by atoms with Crippen molar-refractivity contribution in [1.29, 1.82) is 0 Å². The Kier molecular flexibility index (Phi) is 5.45. The van der Waals surface area contributed by atoms with Gasteiger partial charge in [0.05, 0.1) is 11.4 Å². The number of pyridine rings is 1. The van der Waals surface area contributed by atoms with Crippen LogP contribution in [0.2, 0.25) is 0 Å². The van der Waals surface area contributed by atoms with E-state index in [1.54, 1.807) is 6.20 Å². The van der Waals surface area contributed by atoms with Crippen LogP contribution in [-0.2, 0) is 5.41 Å². The molecule has 1 aliphatic carbocycles. The van der Waals surface area contributed by atoms with Gasteiger partial charge < -0.3 is 0 Å². The van der Waals surface area contributed by atoms with E-state index in [2.05, 4.69) is 122 Å². The fraction of sp³-hybridized carbons (Fsp3) is 0.0833. The lowest BCUT2D eigenvalue weighted by atomic mass is 9.82. The smallest absolute Gasteiger partial charge is 0.160 e. The summed E-state index contributed by atoms with van der Waals surface area (Å²) in [5.41, 5.74) is 12.4. The van der Waals surface area contributed by atoms with Gasteiger partial charge in [-0.3, -0.25) is 4.98 Å². The summed E-state index contributed by atoms with van der Waals surface area (Å²) in [5, 5.41) is 0. The van der Waals surface area contributed by atoms with Gasteiger partial charge in [0, 0.05) is 34.5 Å². The zero-order valence-electron chi connectivity index (χ0n) is 22.0. The maximum absolute atomic E-state index is 5.18. The largest absolute Gasteiger partial charge is 0.264 e. The maximum atomic E-state index is 5.18. The van der Waals surface area contributed by atoms with Gasteiger partial charge in [-0.2, -0.15) is 0 Å². The zero-order valence-corrected chi connectivity index (χ0v) is 22.0. The van der Waals surface area contributed by atoms with Gasteiger partial charge in [-0.1, -0.05) is 117 Å². The molecule has 0 unspecified atom stereocenters. The molecule has 0 atom stereocenters. The van der Waals surface area contributed by atoms with Crippen LogP contribution in [0.15, 0.2) is 128 Å². The molecule has 0 radical (unpaired) electrons. The summed E-state index contributed by atoms with van der Waals surface area (Å²) in [4.78, 5) is 14.5. The van der Waals surface area contributed by atoms with Crippen molar-refractivity contribution in [3.63, 3.8) is 0 Å². The van der Waals surface area contributed by atoms with Gasteiger partial charge in [-0.15, -0.1) is 0 Å². The lowest BCUT2D eigenvalue weighted by Gasteiger charge is -2.21. The van der Waals surface area contributed by atoms with Crippen molar-refractivity contribution < 1.29 is 0 Å². The second-order valence-electron chi connectivity index (χ2n) is 10.5.